The lowest BCUT2D eigenvalue weighted by molar-refractivity contribution is 0.307. The molecule has 0 radical (unpaired) electrons. The predicted molar refractivity (Wildman–Crippen MR) is 79.7 cm³/mol. The molecule has 0 bridgehead atoms. The van der Waals surface area contributed by atoms with E-state index in [-0.39, 0.29) is 12.4 Å². The van der Waals surface area contributed by atoms with E-state index >= 15 is 0 Å². The minimum Gasteiger partial charge on any atom is -0.265 e. The lowest BCUT2D eigenvalue weighted by atomic mass is 10.2. The van der Waals surface area contributed by atoms with Crippen molar-refractivity contribution in [3.05, 3.63) is 70.8 Å². The summed E-state index contributed by atoms with van der Waals surface area (Å²) in [4.78, 5) is 0. The van der Waals surface area contributed by atoms with Crippen molar-refractivity contribution in [3.63, 3.8) is 0 Å². The van der Waals surface area contributed by atoms with E-state index in [1.165, 1.54) is 0 Å². The smallest absolute Gasteiger partial charge is 0.265 e. The molecule has 2 aromatic carbocycles. The summed E-state index contributed by atoms with van der Waals surface area (Å²) in [5.41, 5.74) is 2.20. The van der Waals surface area contributed by atoms with Crippen molar-refractivity contribution < 1.29 is 12.6 Å². The SMILES string of the molecule is N#Cc1ccc(COS(=O)(=O)Cc2ccc(C#N)cc2)cc1. The zero-order valence-electron chi connectivity index (χ0n) is 11.6. The van der Waals surface area contributed by atoms with E-state index in [9.17, 15) is 8.42 Å². The lowest BCUT2D eigenvalue weighted by Crippen LogP contribution is -2.09. The Balaban J connectivity index is 1.98. The van der Waals surface area contributed by atoms with Crippen molar-refractivity contribution >= 4 is 10.1 Å². The van der Waals surface area contributed by atoms with Crippen molar-refractivity contribution in [2.45, 2.75) is 12.4 Å². The van der Waals surface area contributed by atoms with Crippen LogP contribution in [0.25, 0.3) is 0 Å². The maximum absolute atomic E-state index is 11.9. The van der Waals surface area contributed by atoms with Crippen LogP contribution in [0, 0.1) is 22.7 Å². The standard InChI is InChI=1S/C16H12N2O3S/c17-9-13-1-5-15(6-2-13)11-21-22(19,20)12-16-7-3-14(10-18)4-8-16/h1-8H,11-12H2. The molecular formula is C16H12N2O3S. The van der Waals surface area contributed by atoms with Gasteiger partial charge < -0.3 is 0 Å². The highest BCUT2D eigenvalue weighted by atomic mass is 32.2. The zero-order valence-corrected chi connectivity index (χ0v) is 12.4. The lowest BCUT2D eigenvalue weighted by Gasteiger charge is -2.06. The average Bonchev–Trinajstić information content (AvgIpc) is 2.54. The van der Waals surface area contributed by atoms with Gasteiger partial charge in [0.25, 0.3) is 10.1 Å². The molecule has 0 spiro atoms. The molecule has 0 atom stereocenters. The summed E-state index contributed by atoms with van der Waals surface area (Å²) in [5, 5.41) is 17.4. The second-order valence-corrected chi connectivity index (χ2v) is 6.22. The summed E-state index contributed by atoms with van der Waals surface area (Å²) in [5.74, 6) is -0.255. The van der Waals surface area contributed by atoms with Gasteiger partial charge in [-0.2, -0.15) is 18.9 Å². The van der Waals surface area contributed by atoms with Crippen LogP contribution < -0.4 is 0 Å². The van der Waals surface area contributed by atoms with Gasteiger partial charge >= 0.3 is 0 Å². The van der Waals surface area contributed by atoms with Crippen molar-refractivity contribution in [1.29, 1.82) is 10.5 Å². The van der Waals surface area contributed by atoms with Gasteiger partial charge in [-0.05, 0) is 35.4 Å². The fourth-order valence-electron chi connectivity index (χ4n) is 1.75. The molecule has 0 aliphatic heterocycles. The number of nitrogens with zero attached hydrogens (tertiary/aromatic N) is 2. The molecule has 110 valence electrons. The molecule has 0 aliphatic carbocycles. The first kappa shape index (κ1) is 15.7. The highest BCUT2D eigenvalue weighted by molar-refractivity contribution is 7.85. The van der Waals surface area contributed by atoms with Gasteiger partial charge in [-0.3, -0.25) is 4.18 Å². The zero-order chi connectivity index (χ0) is 16.0. The summed E-state index contributed by atoms with van der Waals surface area (Å²) in [6.45, 7) is -0.0790. The molecule has 0 saturated carbocycles. The molecule has 0 aromatic heterocycles. The molecule has 0 heterocycles. The van der Waals surface area contributed by atoms with Gasteiger partial charge in [0.1, 0.15) is 5.75 Å². The van der Waals surface area contributed by atoms with E-state index in [2.05, 4.69) is 0 Å². The average molecular weight is 312 g/mol. The van der Waals surface area contributed by atoms with E-state index in [0.717, 1.165) is 0 Å². The van der Waals surface area contributed by atoms with E-state index < -0.39 is 10.1 Å². The van der Waals surface area contributed by atoms with Crippen LogP contribution in [0.3, 0.4) is 0 Å². The Morgan fingerprint density at radius 1 is 0.818 bits per heavy atom. The van der Waals surface area contributed by atoms with Crippen molar-refractivity contribution in [2.24, 2.45) is 0 Å². The summed E-state index contributed by atoms with van der Waals surface area (Å²) in [7, 11) is -3.72. The third kappa shape index (κ3) is 4.42. The highest BCUT2D eigenvalue weighted by Gasteiger charge is 2.13. The maximum Gasteiger partial charge on any atom is 0.271 e. The van der Waals surface area contributed by atoms with Gasteiger partial charge in [0.2, 0.25) is 0 Å². The fraction of sp³-hybridized carbons (Fsp3) is 0.125. The quantitative estimate of drug-likeness (QED) is 0.791. The first-order valence-electron chi connectivity index (χ1n) is 6.37. The third-order valence-corrected chi connectivity index (χ3v) is 4.08. The third-order valence-electron chi connectivity index (χ3n) is 2.91. The minimum atomic E-state index is -3.72. The number of rotatable bonds is 5. The van der Waals surface area contributed by atoms with Crippen LogP contribution in [-0.2, 0) is 26.7 Å². The summed E-state index contributed by atoms with van der Waals surface area (Å²) in [6, 6.07) is 16.8. The van der Waals surface area contributed by atoms with Gasteiger partial charge in [-0.1, -0.05) is 24.3 Å². The number of hydrogen-bond donors (Lipinski definition) is 0. The molecule has 0 amide bonds. The van der Waals surface area contributed by atoms with E-state index in [1.807, 2.05) is 12.1 Å². The predicted octanol–water partition coefficient (Wildman–Crippen LogP) is 2.48. The van der Waals surface area contributed by atoms with Crippen LogP contribution in [0.5, 0.6) is 0 Å². The summed E-state index contributed by atoms with van der Waals surface area (Å²) < 4.78 is 28.8. The number of hydrogen-bond acceptors (Lipinski definition) is 5. The molecule has 2 rings (SSSR count). The molecular weight excluding hydrogens is 300 g/mol. The van der Waals surface area contributed by atoms with Crippen LogP contribution in [-0.4, -0.2) is 8.42 Å². The number of nitriles is 2. The molecule has 6 heteroatoms. The normalized spacial score (nSPS) is 10.6. The molecule has 2 aromatic rings. The molecule has 0 unspecified atom stereocenters. The monoisotopic (exact) mass is 312 g/mol. The van der Waals surface area contributed by atoms with Gasteiger partial charge in [-0.25, -0.2) is 0 Å². The molecule has 0 fully saturated rings. The molecule has 0 saturated heterocycles. The van der Waals surface area contributed by atoms with Crippen molar-refractivity contribution in [3.8, 4) is 12.1 Å². The number of benzene rings is 2. The first-order chi connectivity index (χ1) is 10.5. The summed E-state index contributed by atoms with van der Waals surface area (Å²) >= 11 is 0. The Kier molecular flexibility index (Phi) is 4.90. The Morgan fingerprint density at radius 3 is 1.73 bits per heavy atom. The molecule has 22 heavy (non-hydrogen) atoms. The van der Waals surface area contributed by atoms with Crippen LogP contribution in [0.2, 0.25) is 0 Å². The minimum absolute atomic E-state index is 0.0790. The Hall–Kier alpha value is -2.67. The van der Waals surface area contributed by atoms with Gasteiger partial charge in [0.15, 0.2) is 0 Å². The van der Waals surface area contributed by atoms with Crippen LogP contribution in [0.15, 0.2) is 48.5 Å². The van der Waals surface area contributed by atoms with Crippen molar-refractivity contribution in [2.75, 3.05) is 0 Å². The second kappa shape index (κ2) is 6.86. The largest absolute Gasteiger partial charge is 0.271 e. The molecule has 0 aliphatic rings. The second-order valence-electron chi connectivity index (χ2n) is 4.58. The highest BCUT2D eigenvalue weighted by Crippen LogP contribution is 2.12. The van der Waals surface area contributed by atoms with Crippen LogP contribution in [0.1, 0.15) is 22.3 Å². The van der Waals surface area contributed by atoms with E-state index in [4.69, 9.17) is 14.7 Å². The molecule has 5 nitrogen and oxygen atoms in total. The van der Waals surface area contributed by atoms with Gasteiger partial charge in [0, 0.05) is 0 Å². The maximum atomic E-state index is 11.9. The first-order valence-corrected chi connectivity index (χ1v) is 7.95. The Labute approximate surface area is 129 Å². The van der Waals surface area contributed by atoms with E-state index in [1.54, 1.807) is 48.5 Å². The van der Waals surface area contributed by atoms with E-state index in [0.29, 0.717) is 22.3 Å². The molecule has 0 N–H and O–H groups in total. The van der Waals surface area contributed by atoms with Gasteiger partial charge in [0.05, 0.1) is 29.9 Å². The topological polar surface area (TPSA) is 90.9 Å². The Morgan fingerprint density at radius 2 is 1.27 bits per heavy atom. The van der Waals surface area contributed by atoms with Crippen molar-refractivity contribution in [1.82, 2.24) is 0 Å². The van der Waals surface area contributed by atoms with Crippen LogP contribution >= 0.6 is 0 Å². The fourth-order valence-corrected chi connectivity index (χ4v) is 2.75. The summed E-state index contributed by atoms with van der Waals surface area (Å²) in [6.07, 6.45) is 0. The van der Waals surface area contributed by atoms with Gasteiger partial charge in [-0.15, -0.1) is 0 Å². The Bertz CT molecular complexity index is 827. The van der Waals surface area contributed by atoms with Crippen LogP contribution in [0.4, 0.5) is 0 Å².